The molecule has 1 aliphatic rings. The summed E-state index contributed by atoms with van der Waals surface area (Å²) >= 11 is 1.51. The zero-order chi connectivity index (χ0) is 17.8. The highest BCUT2D eigenvalue weighted by Gasteiger charge is 2.21. The van der Waals surface area contributed by atoms with Crippen LogP contribution in [0.15, 0.2) is 28.4 Å². The highest BCUT2D eigenvalue weighted by molar-refractivity contribution is 7.13. The first kappa shape index (κ1) is 17.7. The molecule has 0 aliphatic heterocycles. The van der Waals surface area contributed by atoms with Gasteiger partial charge in [-0.3, -0.25) is 9.59 Å². The molecule has 1 fully saturated rings. The molecule has 1 aliphatic carbocycles. The van der Waals surface area contributed by atoms with Crippen LogP contribution in [-0.2, 0) is 4.79 Å². The molecule has 0 spiro atoms. The van der Waals surface area contributed by atoms with Crippen molar-refractivity contribution in [2.24, 2.45) is 5.92 Å². The van der Waals surface area contributed by atoms with E-state index in [9.17, 15) is 9.59 Å². The van der Waals surface area contributed by atoms with Crippen molar-refractivity contribution in [3.8, 4) is 10.6 Å². The molecule has 134 valence electrons. The number of nitrogens with zero attached hydrogens (tertiary/aromatic N) is 2. The molecule has 1 atom stereocenters. The zero-order valence-corrected chi connectivity index (χ0v) is 15.2. The van der Waals surface area contributed by atoms with Crippen LogP contribution in [0.2, 0.25) is 0 Å². The Bertz CT molecular complexity index is 779. The van der Waals surface area contributed by atoms with Gasteiger partial charge in [0.05, 0.1) is 4.88 Å². The van der Waals surface area contributed by atoms with E-state index in [0.29, 0.717) is 18.2 Å². The number of rotatable bonds is 5. The van der Waals surface area contributed by atoms with E-state index in [1.165, 1.54) is 35.3 Å². The molecule has 25 heavy (non-hydrogen) atoms. The minimum Gasteiger partial charge on any atom is -0.394 e. The summed E-state index contributed by atoms with van der Waals surface area (Å²) in [5.74, 6) is 0.347. The van der Waals surface area contributed by atoms with Gasteiger partial charge in [0.25, 0.3) is 5.56 Å². The highest BCUT2D eigenvalue weighted by atomic mass is 32.1. The summed E-state index contributed by atoms with van der Waals surface area (Å²) in [6.07, 6.45) is 6.07. The van der Waals surface area contributed by atoms with Gasteiger partial charge in [-0.25, -0.2) is 4.68 Å². The number of anilines is 1. The van der Waals surface area contributed by atoms with Crippen LogP contribution in [0.1, 0.15) is 45.1 Å². The summed E-state index contributed by atoms with van der Waals surface area (Å²) in [6.45, 7) is 2.35. The van der Waals surface area contributed by atoms with Crippen LogP contribution in [0, 0.1) is 5.92 Å². The van der Waals surface area contributed by atoms with E-state index in [4.69, 9.17) is 5.73 Å². The van der Waals surface area contributed by atoms with Crippen molar-refractivity contribution in [3.05, 3.63) is 33.9 Å². The Morgan fingerprint density at radius 3 is 2.88 bits per heavy atom. The van der Waals surface area contributed by atoms with Crippen LogP contribution in [0.3, 0.4) is 0 Å². The molecule has 3 rings (SSSR count). The first-order chi connectivity index (χ1) is 12.1. The molecule has 0 saturated heterocycles. The van der Waals surface area contributed by atoms with E-state index in [0.717, 1.165) is 17.7 Å². The predicted molar refractivity (Wildman–Crippen MR) is 101 cm³/mol. The molecule has 2 aromatic heterocycles. The summed E-state index contributed by atoms with van der Waals surface area (Å²) in [6, 6.07) is 4.69. The van der Waals surface area contributed by atoms with Crippen LogP contribution >= 0.6 is 11.3 Å². The summed E-state index contributed by atoms with van der Waals surface area (Å²) in [5.41, 5.74) is 6.14. The van der Waals surface area contributed by atoms with Crippen molar-refractivity contribution >= 4 is 22.9 Å². The molecule has 1 saturated carbocycles. The average Bonchev–Trinajstić information content (AvgIpc) is 3.17. The Morgan fingerprint density at radius 1 is 1.44 bits per heavy atom. The molecule has 0 radical (unpaired) electrons. The third-order valence-electron chi connectivity index (χ3n) is 4.77. The van der Waals surface area contributed by atoms with Crippen LogP contribution in [0.5, 0.6) is 0 Å². The van der Waals surface area contributed by atoms with Crippen molar-refractivity contribution in [3.63, 3.8) is 0 Å². The Labute approximate surface area is 151 Å². The number of carbonyl (C=O) groups is 1. The van der Waals surface area contributed by atoms with Gasteiger partial charge in [0.15, 0.2) is 0 Å². The maximum atomic E-state index is 12.5. The lowest BCUT2D eigenvalue weighted by molar-refractivity contribution is -0.124. The van der Waals surface area contributed by atoms with Gasteiger partial charge in [0.2, 0.25) is 5.91 Å². The Kier molecular flexibility index (Phi) is 5.53. The highest BCUT2D eigenvalue weighted by Crippen LogP contribution is 2.24. The number of nitrogens with one attached hydrogen (secondary N) is 1. The lowest BCUT2D eigenvalue weighted by Crippen LogP contribution is -2.39. The molecule has 2 heterocycles. The number of thiophene rings is 1. The molecular formula is C18H24N4O2S. The fraction of sp³-hybridized carbons (Fsp3) is 0.500. The first-order valence-corrected chi connectivity index (χ1v) is 9.65. The van der Waals surface area contributed by atoms with E-state index in [1.807, 2.05) is 17.5 Å². The third kappa shape index (κ3) is 4.10. The summed E-state index contributed by atoms with van der Waals surface area (Å²) in [7, 11) is 0. The molecule has 7 heteroatoms. The summed E-state index contributed by atoms with van der Waals surface area (Å²) < 4.78 is 1.20. The Balaban J connectivity index is 1.75. The van der Waals surface area contributed by atoms with Crippen LogP contribution in [0.4, 0.5) is 5.69 Å². The smallest absolute Gasteiger partial charge is 0.290 e. The number of amides is 1. The SMILES string of the molecule is C[C@H](C(=O)NCC1CCCCC1)n1nc(-c2cccs2)cc(N)c1=O. The normalized spacial score (nSPS) is 16.5. The number of nitrogens with two attached hydrogens (primary N) is 1. The van der Waals surface area contributed by atoms with Gasteiger partial charge in [-0.2, -0.15) is 5.10 Å². The number of hydrogen-bond acceptors (Lipinski definition) is 5. The first-order valence-electron chi connectivity index (χ1n) is 8.77. The molecular weight excluding hydrogens is 336 g/mol. The minimum atomic E-state index is -0.696. The van der Waals surface area contributed by atoms with E-state index in [-0.39, 0.29) is 11.6 Å². The number of hydrogen-bond donors (Lipinski definition) is 2. The van der Waals surface area contributed by atoms with E-state index < -0.39 is 11.6 Å². The monoisotopic (exact) mass is 360 g/mol. The van der Waals surface area contributed by atoms with Crippen LogP contribution in [-0.4, -0.2) is 22.2 Å². The van der Waals surface area contributed by atoms with Crippen molar-refractivity contribution in [2.75, 3.05) is 12.3 Å². The Morgan fingerprint density at radius 2 is 2.20 bits per heavy atom. The van der Waals surface area contributed by atoms with E-state index in [1.54, 1.807) is 13.0 Å². The predicted octanol–water partition coefficient (Wildman–Crippen LogP) is 2.81. The van der Waals surface area contributed by atoms with Crippen molar-refractivity contribution in [1.82, 2.24) is 15.1 Å². The summed E-state index contributed by atoms with van der Waals surface area (Å²) in [4.78, 5) is 25.8. The van der Waals surface area contributed by atoms with Gasteiger partial charge in [0, 0.05) is 6.54 Å². The van der Waals surface area contributed by atoms with Crippen molar-refractivity contribution < 1.29 is 4.79 Å². The van der Waals surface area contributed by atoms with E-state index >= 15 is 0 Å². The lowest BCUT2D eigenvalue weighted by atomic mass is 9.89. The molecule has 0 aromatic carbocycles. The quantitative estimate of drug-likeness (QED) is 0.858. The molecule has 3 N–H and O–H groups in total. The number of carbonyl (C=O) groups excluding carboxylic acids is 1. The minimum absolute atomic E-state index is 0.102. The Hall–Kier alpha value is -2.15. The molecule has 2 aromatic rings. The standard InChI is InChI=1S/C18H24N4O2S/c1-12(17(23)20-11-13-6-3-2-4-7-13)22-18(24)14(19)10-15(21-22)16-8-5-9-25-16/h5,8-10,12-13H,2-4,6-7,11,19H2,1H3,(H,20,23)/t12-/m1/s1. The average molecular weight is 360 g/mol. The van der Waals surface area contributed by atoms with Gasteiger partial charge in [0.1, 0.15) is 17.4 Å². The zero-order valence-electron chi connectivity index (χ0n) is 14.4. The van der Waals surface area contributed by atoms with Crippen molar-refractivity contribution in [2.45, 2.75) is 45.1 Å². The second-order valence-electron chi connectivity index (χ2n) is 6.64. The maximum Gasteiger partial charge on any atom is 0.290 e. The van der Waals surface area contributed by atoms with Gasteiger partial charge >= 0.3 is 0 Å². The van der Waals surface area contributed by atoms with Gasteiger partial charge in [-0.05, 0) is 43.2 Å². The number of nitrogen functional groups attached to an aromatic ring is 1. The second kappa shape index (κ2) is 7.82. The molecule has 1 amide bonds. The second-order valence-corrected chi connectivity index (χ2v) is 7.58. The van der Waals surface area contributed by atoms with Crippen molar-refractivity contribution in [1.29, 1.82) is 0 Å². The van der Waals surface area contributed by atoms with Crippen LogP contribution in [0.25, 0.3) is 10.6 Å². The largest absolute Gasteiger partial charge is 0.394 e. The third-order valence-corrected chi connectivity index (χ3v) is 5.66. The lowest BCUT2D eigenvalue weighted by Gasteiger charge is -2.23. The summed E-state index contributed by atoms with van der Waals surface area (Å²) in [5, 5.41) is 9.27. The number of aromatic nitrogens is 2. The molecule has 0 unspecified atom stereocenters. The molecule has 6 nitrogen and oxygen atoms in total. The fourth-order valence-corrected chi connectivity index (χ4v) is 3.92. The van der Waals surface area contributed by atoms with Gasteiger partial charge in [-0.1, -0.05) is 25.3 Å². The maximum absolute atomic E-state index is 12.5. The molecule has 0 bridgehead atoms. The van der Waals surface area contributed by atoms with Crippen LogP contribution < -0.4 is 16.6 Å². The van der Waals surface area contributed by atoms with Gasteiger partial charge in [-0.15, -0.1) is 11.3 Å². The fourth-order valence-electron chi connectivity index (χ4n) is 3.23. The topological polar surface area (TPSA) is 90.0 Å². The van der Waals surface area contributed by atoms with Gasteiger partial charge < -0.3 is 11.1 Å². The van der Waals surface area contributed by atoms with E-state index in [2.05, 4.69) is 10.4 Å².